The lowest BCUT2D eigenvalue weighted by atomic mass is 10.0. The second kappa shape index (κ2) is 9.88. The van der Waals surface area contributed by atoms with Crippen molar-refractivity contribution in [2.24, 2.45) is 5.92 Å². The summed E-state index contributed by atoms with van der Waals surface area (Å²) in [5, 5.41) is 4.38. The fourth-order valence-corrected chi connectivity index (χ4v) is 3.11. The van der Waals surface area contributed by atoms with E-state index in [1.54, 1.807) is 0 Å². The first-order valence-corrected chi connectivity index (χ1v) is 9.85. The Morgan fingerprint density at radius 3 is 2.26 bits per heavy atom. The first kappa shape index (κ1) is 25.9. The third-order valence-corrected chi connectivity index (χ3v) is 4.85. The minimum absolute atomic E-state index is 0.189. The van der Waals surface area contributed by atoms with Crippen molar-refractivity contribution in [3.05, 3.63) is 65.0 Å². The highest BCUT2D eigenvalue weighted by Crippen LogP contribution is 2.41. The van der Waals surface area contributed by atoms with Crippen LogP contribution < -0.4 is 10.6 Å². The Labute approximate surface area is 191 Å². The summed E-state index contributed by atoms with van der Waals surface area (Å²) in [6.45, 7) is -0.535. The van der Waals surface area contributed by atoms with Crippen molar-refractivity contribution >= 4 is 22.8 Å². The molecule has 0 atom stereocenters. The number of hydrogen-bond acceptors (Lipinski definition) is 3. The molecule has 188 valence electrons. The molecule has 1 heterocycles. The number of rotatable bonds is 7. The van der Waals surface area contributed by atoms with Gasteiger partial charge in [-0.3, -0.25) is 9.59 Å². The molecule has 0 bridgehead atoms. The van der Waals surface area contributed by atoms with Crippen LogP contribution in [-0.4, -0.2) is 34.1 Å². The number of carbonyl (C=O) groups is 2. The second-order valence-corrected chi connectivity index (χ2v) is 7.46. The molecule has 0 saturated heterocycles. The van der Waals surface area contributed by atoms with Gasteiger partial charge in [-0.15, -0.1) is 0 Å². The number of alkyl halides is 6. The van der Waals surface area contributed by atoms with E-state index in [9.17, 15) is 44.7 Å². The van der Waals surface area contributed by atoms with Crippen LogP contribution >= 0.6 is 0 Å². The third-order valence-electron chi connectivity index (χ3n) is 4.85. The highest BCUT2D eigenvalue weighted by Gasteiger charge is 2.57. The van der Waals surface area contributed by atoms with Gasteiger partial charge in [-0.2, -0.15) is 26.3 Å². The zero-order valence-corrected chi connectivity index (χ0v) is 17.5. The van der Waals surface area contributed by atoms with Crippen molar-refractivity contribution in [1.29, 1.82) is 0 Å². The summed E-state index contributed by atoms with van der Waals surface area (Å²) in [4.78, 5) is 30.7. The molecule has 0 aliphatic heterocycles. The minimum Gasteiger partial charge on any atom is -0.352 e. The maximum Gasteiger partial charge on any atom is 0.400 e. The molecular weight excluding hydrogens is 492 g/mol. The van der Waals surface area contributed by atoms with Crippen molar-refractivity contribution in [3.8, 4) is 0 Å². The lowest BCUT2D eigenvalue weighted by Crippen LogP contribution is -2.40. The Hall–Kier alpha value is -3.71. The van der Waals surface area contributed by atoms with Gasteiger partial charge in [-0.05, 0) is 35.9 Å². The quantitative estimate of drug-likeness (QED) is 0.411. The number of imidazole rings is 1. The van der Waals surface area contributed by atoms with Gasteiger partial charge in [0.05, 0.1) is 23.1 Å². The number of nitrogens with one attached hydrogen (secondary N) is 3. The topological polar surface area (TPSA) is 86.9 Å². The molecule has 0 spiro atoms. The number of hydrogen-bond donors (Lipinski definition) is 3. The second-order valence-electron chi connectivity index (χ2n) is 7.46. The van der Waals surface area contributed by atoms with Gasteiger partial charge < -0.3 is 15.6 Å². The summed E-state index contributed by atoms with van der Waals surface area (Å²) in [6.07, 6.45) is -13.0. The average molecular weight is 508 g/mol. The molecular formula is C21H16F8N4O2. The molecule has 0 unspecified atom stereocenters. The zero-order valence-electron chi connectivity index (χ0n) is 17.5. The molecule has 35 heavy (non-hydrogen) atoms. The smallest absolute Gasteiger partial charge is 0.352 e. The van der Waals surface area contributed by atoms with E-state index in [1.165, 1.54) is 18.2 Å². The molecule has 0 aliphatic rings. The number of H-pyrrole nitrogens is 1. The number of carbonyl (C=O) groups excluding carboxylic acids is 2. The van der Waals surface area contributed by atoms with Crippen LogP contribution in [0.2, 0.25) is 0 Å². The highest BCUT2D eigenvalue weighted by atomic mass is 19.4. The van der Waals surface area contributed by atoms with E-state index in [4.69, 9.17) is 0 Å². The van der Waals surface area contributed by atoms with Crippen LogP contribution in [0.1, 0.15) is 28.2 Å². The molecule has 2 amide bonds. The number of aromatic nitrogens is 2. The first-order chi connectivity index (χ1) is 16.2. The molecule has 0 saturated carbocycles. The van der Waals surface area contributed by atoms with Gasteiger partial charge in [-0.25, -0.2) is 13.8 Å². The summed E-state index contributed by atoms with van der Waals surface area (Å²) in [6, 6.07) is 6.76. The maximum atomic E-state index is 13.7. The number of benzene rings is 2. The van der Waals surface area contributed by atoms with Gasteiger partial charge in [0, 0.05) is 13.0 Å². The molecule has 1 aromatic heterocycles. The molecule has 3 aromatic rings. The minimum atomic E-state index is -5.61. The molecule has 0 fully saturated rings. The molecule has 2 aromatic carbocycles. The Balaban J connectivity index is 1.61. The molecule has 3 N–H and O–H groups in total. The van der Waals surface area contributed by atoms with Crippen LogP contribution in [0, 0.1) is 17.6 Å². The standard InChI is InChI=1S/C21H16F8N4O2/c22-11-2-3-13(23)12(6-11)19(35)31-9-17-32-14-4-1-10(5-15(14)33-17)8-30-18(34)7-16(20(24,25)26)21(27,28)29/h1-6,16H,7-9H2,(H,30,34)(H,31,35)(H,32,33). The van der Waals surface area contributed by atoms with E-state index in [0.717, 1.165) is 18.2 Å². The summed E-state index contributed by atoms with van der Waals surface area (Å²) >= 11 is 0. The fourth-order valence-electron chi connectivity index (χ4n) is 3.11. The Morgan fingerprint density at radius 2 is 1.60 bits per heavy atom. The average Bonchev–Trinajstić information content (AvgIpc) is 3.16. The van der Waals surface area contributed by atoms with Crippen LogP contribution in [0.25, 0.3) is 11.0 Å². The number of fused-ring (bicyclic) bond motifs is 1. The third kappa shape index (κ3) is 6.67. The van der Waals surface area contributed by atoms with E-state index < -0.39 is 53.7 Å². The predicted octanol–water partition coefficient (Wildman–Crippen LogP) is 4.52. The zero-order chi connectivity index (χ0) is 26.0. The lowest BCUT2D eigenvalue weighted by molar-refractivity contribution is -0.284. The number of aromatic amines is 1. The summed E-state index contributed by atoms with van der Waals surface area (Å²) in [5.74, 6) is -7.58. The number of nitrogens with zero attached hydrogens (tertiary/aromatic N) is 1. The number of amides is 2. The van der Waals surface area contributed by atoms with Crippen molar-refractivity contribution < 1.29 is 44.7 Å². The van der Waals surface area contributed by atoms with Crippen LogP contribution in [0.3, 0.4) is 0 Å². The Morgan fingerprint density at radius 1 is 0.914 bits per heavy atom. The summed E-state index contributed by atoms with van der Waals surface area (Å²) in [7, 11) is 0. The van der Waals surface area contributed by atoms with Gasteiger partial charge >= 0.3 is 12.4 Å². The van der Waals surface area contributed by atoms with Crippen LogP contribution in [0.5, 0.6) is 0 Å². The largest absolute Gasteiger partial charge is 0.400 e. The highest BCUT2D eigenvalue weighted by molar-refractivity contribution is 5.94. The molecule has 6 nitrogen and oxygen atoms in total. The van der Waals surface area contributed by atoms with Crippen molar-refractivity contribution in [3.63, 3.8) is 0 Å². The van der Waals surface area contributed by atoms with Crippen molar-refractivity contribution in [1.82, 2.24) is 20.6 Å². The molecule has 0 radical (unpaired) electrons. The molecule has 3 rings (SSSR count). The van der Waals surface area contributed by atoms with Gasteiger partial charge in [-0.1, -0.05) is 6.07 Å². The van der Waals surface area contributed by atoms with Gasteiger partial charge in [0.1, 0.15) is 17.5 Å². The van der Waals surface area contributed by atoms with Crippen LogP contribution in [0.4, 0.5) is 35.1 Å². The van der Waals surface area contributed by atoms with E-state index in [2.05, 4.69) is 15.3 Å². The normalized spacial score (nSPS) is 12.3. The van der Waals surface area contributed by atoms with Gasteiger partial charge in [0.15, 0.2) is 5.92 Å². The lowest BCUT2D eigenvalue weighted by Gasteiger charge is -2.22. The van der Waals surface area contributed by atoms with E-state index in [-0.39, 0.29) is 18.9 Å². The van der Waals surface area contributed by atoms with Gasteiger partial charge in [0.2, 0.25) is 5.91 Å². The van der Waals surface area contributed by atoms with Crippen LogP contribution in [-0.2, 0) is 17.9 Å². The SMILES string of the molecule is O=C(CC(C(F)(F)F)C(F)(F)F)NCc1ccc2nc(CNC(=O)c3cc(F)ccc3F)[nH]c2c1. The summed E-state index contributed by atoms with van der Waals surface area (Å²) in [5.41, 5.74) is 0.636. The van der Waals surface area contributed by atoms with Crippen molar-refractivity contribution in [2.75, 3.05) is 0 Å². The molecule has 0 aliphatic carbocycles. The van der Waals surface area contributed by atoms with E-state index in [0.29, 0.717) is 16.6 Å². The summed E-state index contributed by atoms with van der Waals surface area (Å²) < 4.78 is 102. The first-order valence-electron chi connectivity index (χ1n) is 9.85. The number of halogens is 8. The fraction of sp³-hybridized carbons (Fsp3) is 0.286. The van der Waals surface area contributed by atoms with Gasteiger partial charge in [0.25, 0.3) is 5.91 Å². The predicted molar refractivity (Wildman–Crippen MR) is 106 cm³/mol. The van der Waals surface area contributed by atoms with E-state index >= 15 is 0 Å². The maximum absolute atomic E-state index is 13.7. The Kier molecular flexibility index (Phi) is 7.31. The van der Waals surface area contributed by atoms with Crippen LogP contribution in [0.15, 0.2) is 36.4 Å². The van der Waals surface area contributed by atoms with E-state index in [1.807, 2.05) is 5.32 Å². The monoisotopic (exact) mass is 508 g/mol. The Bertz CT molecular complexity index is 1220. The molecule has 14 heteroatoms. The van der Waals surface area contributed by atoms with Crippen molar-refractivity contribution in [2.45, 2.75) is 31.9 Å².